The molecule has 17 heavy (non-hydrogen) atoms. The molecule has 2 rings (SSSR count). The zero-order valence-corrected chi connectivity index (χ0v) is 11.1. The van der Waals surface area contributed by atoms with E-state index in [9.17, 15) is 4.79 Å². The van der Waals surface area contributed by atoms with Crippen LogP contribution in [0.3, 0.4) is 0 Å². The average Bonchev–Trinajstić information content (AvgIpc) is 2.52. The van der Waals surface area contributed by atoms with E-state index in [2.05, 4.69) is 19.2 Å². The average molecular weight is 255 g/mol. The van der Waals surface area contributed by atoms with E-state index in [-0.39, 0.29) is 6.10 Å². The van der Waals surface area contributed by atoms with Gasteiger partial charge in [-0.1, -0.05) is 13.8 Å². The van der Waals surface area contributed by atoms with Crippen molar-refractivity contribution >= 4 is 17.4 Å². The van der Waals surface area contributed by atoms with Crippen LogP contribution >= 0.6 is 11.3 Å². The predicted molar refractivity (Wildman–Crippen MR) is 66.9 cm³/mol. The highest BCUT2D eigenvalue weighted by Gasteiger charge is 2.27. The van der Waals surface area contributed by atoms with Crippen LogP contribution in [-0.4, -0.2) is 28.7 Å². The summed E-state index contributed by atoms with van der Waals surface area (Å²) in [5.41, 5.74) is 1.18. The van der Waals surface area contributed by atoms with Gasteiger partial charge in [0.2, 0.25) is 0 Å². The lowest BCUT2D eigenvalue weighted by atomic mass is 10.1. The lowest BCUT2D eigenvalue weighted by molar-refractivity contribution is 0.121. The predicted octanol–water partition coefficient (Wildman–Crippen LogP) is 3.13. The molecule has 0 saturated carbocycles. The number of hydrogen-bond acceptors (Lipinski definition) is 3. The van der Waals surface area contributed by atoms with Crippen molar-refractivity contribution < 1.29 is 14.6 Å². The molecule has 0 bridgehead atoms. The summed E-state index contributed by atoms with van der Waals surface area (Å²) in [6.07, 6.45) is -0.979. The molecule has 2 heterocycles. The Morgan fingerprint density at radius 3 is 2.94 bits per heavy atom. The standard InChI is InChI=1S/C12H17NO3S/c1-7(2)9-6-17-10-5-13(12(14)15)4-8(3)16-11(9)10/h6-8H,4-5H2,1-3H3,(H,14,15). The van der Waals surface area contributed by atoms with Crippen LogP contribution in [-0.2, 0) is 6.54 Å². The second-order valence-corrected chi connectivity index (χ2v) is 5.65. The smallest absolute Gasteiger partial charge is 0.407 e. The molecule has 0 saturated heterocycles. The molecule has 5 heteroatoms. The first-order valence-corrected chi connectivity index (χ1v) is 6.61. The third kappa shape index (κ3) is 2.39. The van der Waals surface area contributed by atoms with Crippen LogP contribution in [0.4, 0.5) is 4.79 Å². The van der Waals surface area contributed by atoms with Crippen LogP contribution in [0.1, 0.15) is 37.1 Å². The lowest BCUT2D eigenvalue weighted by Gasteiger charge is -2.18. The highest BCUT2D eigenvalue weighted by atomic mass is 32.1. The van der Waals surface area contributed by atoms with Crippen molar-refractivity contribution in [3.8, 4) is 5.75 Å². The maximum absolute atomic E-state index is 11.1. The molecule has 0 aromatic carbocycles. The van der Waals surface area contributed by atoms with Crippen molar-refractivity contribution in [2.45, 2.75) is 39.3 Å². The molecule has 0 aliphatic carbocycles. The van der Waals surface area contributed by atoms with Crippen LogP contribution in [0, 0.1) is 0 Å². The van der Waals surface area contributed by atoms with Gasteiger partial charge >= 0.3 is 6.09 Å². The Labute approximate surface area is 105 Å². The molecule has 1 aromatic rings. The van der Waals surface area contributed by atoms with Crippen molar-refractivity contribution in [1.82, 2.24) is 4.90 Å². The minimum atomic E-state index is -0.882. The summed E-state index contributed by atoms with van der Waals surface area (Å²) in [5, 5.41) is 11.2. The summed E-state index contributed by atoms with van der Waals surface area (Å²) in [6.45, 7) is 7.01. The number of ether oxygens (including phenoxy) is 1. The Morgan fingerprint density at radius 2 is 2.35 bits per heavy atom. The van der Waals surface area contributed by atoms with Crippen LogP contribution in [0.25, 0.3) is 0 Å². The number of amides is 1. The van der Waals surface area contributed by atoms with Crippen LogP contribution in [0.15, 0.2) is 5.38 Å². The van der Waals surface area contributed by atoms with E-state index in [1.54, 1.807) is 11.3 Å². The maximum Gasteiger partial charge on any atom is 0.407 e. The van der Waals surface area contributed by atoms with E-state index in [1.807, 2.05) is 6.92 Å². The fraction of sp³-hybridized carbons (Fsp3) is 0.583. The lowest BCUT2D eigenvalue weighted by Crippen LogP contribution is -2.34. The molecule has 0 radical (unpaired) electrons. The zero-order chi connectivity index (χ0) is 12.6. The maximum atomic E-state index is 11.1. The van der Waals surface area contributed by atoms with Gasteiger partial charge in [0.15, 0.2) is 0 Å². The molecule has 1 aliphatic heterocycles. The van der Waals surface area contributed by atoms with Gasteiger partial charge in [-0.3, -0.25) is 4.90 Å². The molecule has 94 valence electrons. The fourth-order valence-electron chi connectivity index (χ4n) is 1.98. The minimum absolute atomic E-state index is 0.0977. The van der Waals surface area contributed by atoms with Gasteiger partial charge in [-0.25, -0.2) is 4.79 Å². The van der Waals surface area contributed by atoms with Crippen molar-refractivity contribution in [2.75, 3.05) is 6.54 Å². The Kier molecular flexibility index (Phi) is 3.28. The summed E-state index contributed by atoms with van der Waals surface area (Å²) >= 11 is 1.59. The molecule has 4 nitrogen and oxygen atoms in total. The summed E-state index contributed by atoms with van der Waals surface area (Å²) in [4.78, 5) is 13.5. The molecular weight excluding hydrogens is 238 g/mol. The zero-order valence-electron chi connectivity index (χ0n) is 10.3. The second kappa shape index (κ2) is 4.56. The summed E-state index contributed by atoms with van der Waals surface area (Å²) in [5.74, 6) is 1.31. The van der Waals surface area contributed by atoms with Crippen LogP contribution < -0.4 is 4.74 Å². The van der Waals surface area contributed by atoms with Gasteiger partial charge in [-0.05, 0) is 18.2 Å². The summed E-state index contributed by atoms with van der Waals surface area (Å²) in [6, 6.07) is 0. The van der Waals surface area contributed by atoms with Gasteiger partial charge in [-0.15, -0.1) is 11.3 Å². The van der Waals surface area contributed by atoms with Crippen LogP contribution in [0.2, 0.25) is 0 Å². The number of rotatable bonds is 1. The molecular formula is C12H17NO3S. The highest BCUT2D eigenvalue weighted by molar-refractivity contribution is 7.10. The second-order valence-electron chi connectivity index (χ2n) is 4.69. The quantitative estimate of drug-likeness (QED) is 0.838. The molecule has 1 unspecified atom stereocenters. The molecule has 1 amide bonds. The third-order valence-electron chi connectivity index (χ3n) is 2.87. The topological polar surface area (TPSA) is 49.8 Å². The Morgan fingerprint density at radius 1 is 1.65 bits per heavy atom. The van der Waals surface area contributed by atoms with Gasteiger partial charge in [0.25, 0.3) is 0 Å². The van der Waals surface area contributed by atoms with E-state index >= 15 is 0 Å². The van der Waals surface area contributed by atoms with Gasteiger partial charge < -0.3 is 9.84 Å². The van der Waals surface area contributed by atoms with Gasteiger partial charge in [0, 0.05) is 5.56 Å². The van der Waals surface area contributed by atoms with Crippen molar-refractivity contribution in [1.29, 1.82) is 0 Å². The normalized spacial score (nSPS) is 19.8. The fourth-order valence-corrected chi connectivity index (χ4v) is 3.13. The van der Waals surface area contributed by atoms with Crippen molar-refractivity contribution in [3.63, 3.8) is 0 Å². The monoisotopic (exact) mass is 255 g/mol. The van der Waals surface area contributed by atoms with Gasteiger partial charge in [-0.2, -0.15) is 0 Å². The number of carboxylic acid groups (broad SMARTS) is 1. The largest absolute Gasteiger partial charge is 0.487 e. The van der Waals surface area contributed by atoms with E-state index in [1.165, 1.54) is 10.5 Å². The van der Waals surface area contributed by atoms with Crippen molar-refractivity contribution in [2.24, 2.45) is 0 Å². The molecule has 0 spiro atoms. The molecule has 1 atom stereocenters. The number of fused-ring (bicyclic) bond motifs is 1. The SMILES string of the molecule is CC1CN(C(=O)O)Cc2scc(C(C)C)c2O1. The van der Waals surface area contributed by atoms with E-state index < -0.39 is 6.09 Å². The number of carbonyl (C=O) groups is 1. The third-order valence-corrected chi connectivity index (χ3v) is 3.84. The number of hydrogen-bond donors (Lipinski definition) is 1. The molecule has 0 fully saturated rings. The molecule has 1 aromatic heterocycles. The number of thiophene rings is 1. The van der Waals surface area contributed by atoms with Gasteiger partial charge in [0.05, 0.1) is 18.0 Å². The van der Waals surface area contributed by atoms with E-state index in [0.29, 0.717) is 19.0 Å². The Hall–Kier alpha value is -1.23. The highest BCUT2D eigenvalue weighted by Crippen LogP contribution is 2.38. The van der Waals surface area contributed by atoms with Crippen LogP contribution in [0.5, 0.6) is 5.75 Å². The number of nitrogens with zero attached hydrogens (tertiary/aromatic N) is 1. The van der Waals surface area contributed by atoms with E-state index in [0.717, 1.165) is 10.6 Å². The van der Waals surface area contributed by atoms with E-state index in [4.69, 9.17) is 9.84 Å². The molecule has 1 aliphatic rings. The first-order valence-electron chi connectivity index (χ1n) is 5.73. The Balaban J connectivity index is 2.35. The first-order chi connectivity index (χ1) is 7.99. The van der Waals surface area contributed by atoms with Crippen molar-refractivity contribution in [3.05, 3.63) is 15.8 Å². The Bertz CT molecular complexity index is 427. The first kappa shape index (κ1) is 12.2. The summed E-state index contributed by atoms with van der Waals surface area (Å²) in [7, 11) is 0. The van der Waals surface area contributed by atoms with Gasteiger partial charge in [0.1, 0.15) is 11.9 Å². The summed E-state index contributed by atoms with van der Waals surface area (Å²) < 4.78 is 5.88. The molecule has 1 N–H and O–H groups in total. The minimum Gasteiger partial charge on any atom is -0.487 e.